The van der Waals surface area contributed by atoms with Crippen molar-refractivity contribution in [2.24, 2.45) is 5.10 Å². The third kappa shape index (κ3) is 4.59. The van der Waals surface area contributed by atoms with E-state index in [4.69, 9.17) is 14.6 Å². The van der Waals surface area contributed by atoms with Gasteiger partial charge in [0.05, 0.1) is 32.5 Å². The van der Waals surface area contributed by atoms with Gasteiger partial charge in [-0.3, -0.25) is 9.69 Å². The number of carbonyl (C=O) groups is 1. The predicted octanol–water partition coefficient (Wildman–Crippen LogP) is 4.26. The van der Waals surface area contributed by atoms with Gasteiger partial charge < -0.3 is 9.47 Å². The van der Waals surface area contributed by atoms with Gasteiger partial charge in [-0.15, -0.1) is 0 Å². The Morgan fingerprint density at radius 1 is 1.10 bits per heavy atom. The molecular formula is C25H31N3O3. The minimum atomic E-state index is -0.205. The summed E-state index contributed by atoms with van der Waals surface area (Å²) in [6.07, 6.45) is 4.17. The molecule has 0 saturated carbocycles. The third-order valence-electron chi connectivity index (χ3n) is 6.35. The summed E-state index contributed by atoms with van der Waals surface area (Å²) in [5.41, 5.74) is 2.91. The zero-order valence-corrected chi connectivity index (χ0v) is 18.6. The monoisotopic (exact) mass is 421 g/mol. The van der Waals surface area contributed by atoms with Crippen LogP contribution < -0.4 is 9.47 Å². The molecule has 2 atom stereocenters. The maximum absolute atomic E-state index is 13.5. The van der Waals surface area contributed by atoms with Gasteiger partial charge in [0.1, 0.15) is 11.5 Å². The van der Waals surface area contributed by atoms with Crippen LogP contribution in [0.1, 0.15) is 49.8 Å². The molecule has 0 radical (unpaired) electrons. The molecule has 0 aromatic heterocycles. The number of methoxy groups -OCH3 is 2. The zero-order chi connectivity index (χ0) is 21.8. The lowest BCUT2D eigenvalue weighted by Crippen LogP contribution is -2.44. The largest absolute Gasteiger partial charge is 0.497 e. The number of hydrazone groups is 1. The molecule has 2 aliphatic heterocycles. The average molecular weight is 422 g/mol. The quantitative estimate of drug-likeness (QED) is 0.700. The molecule has 2 aliphatic rings. The van der Waals surface area contributed by atoms with Gasteiger partial charge in [-0.05, 0) is 44.0 Å². The second kappa shape index (κ2) is 9.52. The first-order valence-electron chi connectivity index (χ1n) is 11.0. The van der Waals surface area contributed by atoms with E-state index in [1.54, 1.807) is 19.2 Å². The second-order valence-electron chi connectivity index (χ2n) is 8.29. The van der Waals surface area contributed by atoms with Crippen LogP contribution in [0, 0.1) is 0 Å². The number of hydrogen-bond acceptors (Lipinski definition) is 5. The highest BCUT2D eigenvalue weighted by molar-refractivity contribution is 6.03. The number of piperidine rings is 1. The van der Waals surface area contributed by atoms with E-state index in [-0.39, 0.29) is 11.9 Å². The number of benzene rings is 2. The number of ether oxygens (including phenoxy) is 2. The van der Waals surface area contributed by atoms with Crippen LogP contribution >= 0.6 is 0 Å². The van der Waals surface area contributed by atoms with E-state index in [2.05, 4.69) is 11.8 Å². The molecule has 31 heavy (non-hydrogen) atoms. The fourth-order valence-corrected chi connectivity index (χ4v) is 4.52. The lowest BCUT2D eigenvalue weighted by Gasteiger charge is -2.34. The summed E-state index contributed by atoms with van der Waals surface area (Å²) in [5, 5.41) is 6.49. The molecule has 0 N–H and O–H groups in total. The van der Waals surface area contributed by atoms with E-state index in [1.165, 1.54) is 6.42 Å². The van der Waals surface area contributed by atoms with Gasteiger partial charge in [0.2, 0.25) is 0 Å². The highest BCUT2D eigenvalue weighted by Crippen LogP contribution is 2.39. The number of carbonyl (C=O) groups excluding carboxylic acids is 1. The number of likely N-dealkylation sites (tertiary alicyclic amines) is 1. The second-order valence-corrected chi connectivity index (χ2v) is 8.29. The SMILES string of the molecule is COc1ccc([C@H]2CC(c3ccccc3)=NN2C(=O)CN2CCCC[C@H]2C)c(OC)c1. The van der Waals surface area contributed by atoms with Crippen LogP contribution in [-0.2, 0) is 4.79 Å². The lowest BCUT2D eigenvalue weighted by molar-refractivity contribution is -0.135. The van der Waals surface area contributed by atoms with Crippen molar-refractivity contribution in [2.45, 2.75) is 44.7 Å². The van der Waals surface area contributed by atoms with Crippen molar-refractivity contribution >= 4 is 11.6 Å². The van der Waals surface area contributed by atoms with Crippen LogP contribution in [0.4, 0.5) is 0 Å². The molecule has 2 aromatic rings. The lowest BCUT2D eigenvalue weighted by atomic mass is 9.97. The number of amides is 1. The summed E-state index contributed by atoms with van der Waals surface area (Å²) >= 11 is 0. The standard InChI is InChI=1S/C25H31N3O3/c1-18-9-7-8-14-27(18)17-25(29)28-23(16-22(26-28)19-10-5-4-6-11-19)21-13-12-20(30-2)15-24(21)31-3/h4-6,10-13,15,18,23H,7-9,14,16-17H2,1-3H3/t18-,23-/m1/s1. The molecule has 0 unspecified atom stereocenters. The first kappa shape index (κ1) is 21.4. The smallest absolute Gasteiger partial charge is 0.257 e. The predicted molar refractivity (Wildman–Crippen MR) is 122 cm³/mol. The summed E-state index contributed by atoms with van der Waals surface area (Å²) in [6, 6.07) is 16.1. The maximum atomic E-state index is 13.5. The van der Waals surface area contributed by atoms with Gasteiger partial charge in [0.25, 0.3) is 5.91 Å². The van der Waals surface area contributed by atoms with E-state index >= 15 is 0 Å². The number of rotatable bonds is 6. The molecule has 6 nitrogen and oxygen atoms in total. The van der Waals surface area contributed by atoms with Gasteiger partial charge >= 0.3 is 0 Å². The molecule has 4 rings (SSSR count). The minimum Gasteiger partial charge on any atom is -0.497 e. The van der Waals surface area contributed by atoms with Crippen LogP contribution in [-0.4, -0.2) is 54.9 Å². The normalized spacial score (nSPS) is 21.6. The molecule has 1 fully saturated rings. The van der Waals surface area contributed by atoms with Crippen LogP contribution in [0.2, 0.25) is 0 Å². The Hall–Kier alpha value is -2.86. The maximum Gasteiger partial charge on any atom is 0.257 e. The minimum absolute atomic E-state index is 0.0301. The van der Waals surface area contributed by atoms with Gasteiger partial charge in [0, 0.05) is 24.1 Å². The highest BCUT2D eigenvalue weighted by atomic mass is 16.5. The van der Waals surface area contributed by atoms with Crippen LogP contribution in [0.15, 0.2) is 53.6 Å². The van der Waals surface area contributed by atoms with Gasteiger partial charge in [-0.2, -0.15) is 5.10 Å². The van der Waals surface area contributed by atoms with Crippen LogP contribution in [0.3, 0.4) is 0 Å². The number of nitrogens with zero attached hydrogens (tertiary/aromatic N) is 3. The molecular weight excluding hydrogens is 390 g/mol. The molecule has 0 bridgehead atoms. The van der Waals surface area contributed by atoms with Crippen molar-refractivity contribution in [3.8, 4) is 11.5 Å². The van der Waals surface area contributed by atoms with Crippen LogP contribution in [0.25, 0.3) is 0 Å². The molecule has 6 heteroatoms. The van der Waals surface area contributed by atoms with Gasteiger partial charge in [0.15, 0.2) is 0 Å². The van der Waals surface area contributed by atoms with E-state index < -0.39 is 0 Å². The molecule has 2 aromatic carbocycles. The van der Waals surface area contributed by atoms with Crippen molar-refractivity contribution in [2.75, 3.05) is 27.3 Å². The molecule has 1 saturated heterocycles. The van der Waals surface area contributed by atoms with E-state index in [0.717, 1.165) is 42.0 Å². The average Bonchev–Trinajstić information content (AvgIpc) is 3.26. The van der Waals surface area contributed by atoms with Crippen LogP contribution in [0.5, 0.6) is 11.5 Å². The Balaban J connectivity index is 1.65. The first-order valence-corrected chi connectivity index (χ1v) is 11.0. The van der Waals surface area contributed by atoms with Crippen molar-refractivity contribution in [3.63, 3.8) is 0 Å². The topological polar surface area (TPSA) is 54.4 Å². The Labute approximate surface area is 184 Å². The highest BCUT2D eigenvalue weighted by Gasteiger charge is 2.36. The fourth-order valence-electron chi connectivity index (χ4n) is 4.52. The zero-order valence-electron chi connectivity index (χ0n) is 18.6. The Bertz CT molecular complexity index is 944. The summed E-state index contributed by atoms with van der Waals surface area (Å²) in [5.74, 6) is 1.46. The van der Waals surface area contributed by atoms with E-state index in [9.17, 15) is 4.79 Å². The van der Waals surface area contributed by atoms with Crippen molar-refractivity contribution in [1.82, 2.24) is 9.91 Å². The number of hydrogen-bond donors (Lipinski definition) is 0. The summed E-state index contributed by atoms with van der Waals surface area (Å²) in [4.78, 5) is 15.7. The summed E-state index contributed by atoms with van der Waals surface area (Å²) in [7, 11) is 3.28. The van der Waals surface area contributed by atoms with E-state index in [1.807, 2.05) is 48.5 Å². The summed E-state index contributed by atoms with van der Waals surface area (Å²) < 4.78 is 11.0. The molecule has 2 heterocycles. The Morgan fingerprint density at radius 3 is 2.61 bits per heavy atom. The van der Waals surface area contributed by atoms with Crippen molar-refractivity contribution < 1.29 is 14.3 Å². The molecule has 1 amide bonds. The molecule has 0 aliphatic carbocycles. The third-order valence-corrected chi connectivity index (χ3v) is 6.35. The van der Waals surface area contributed by atoms with Crippen molar-refractivity contribution in [3.05, 3.63) is 59.7 Å². The summed E-state index contributed by atoms with van der Waals surface area (Å²) in [6.45, 7) is 3.56. The molecule has 0 spiro atoms. The fraction of sp³-hybridized carbons (Fsp3) is 0.440. The van der Waals surface area contributed by atoms with Crippen molar-refractivity contribution in [1.29, 1.82) is 0 Å². The van der Waals surface area contributed by atoms with Gasteiger partial charge in [-0.1, -0.05) is 36.8 Å². The first-order chi connectivity index (χ1) is 15.1. The van der Waals surface area contributed by atoms with Gasteiger partial charge in [-0.25, -0.2) is 5.01 Å². The Kier molecular flexibility index (Phi) is 6.56. The molecule has 164 valence electrons. The van der Waals surface area contributed by atoms with E-state index in [0.29, 0.717) is 24.8 Å². The Morgan fingerprint density at radius 2 is 1.90 bits per heavy atom.